The molecule has 1 aromatic carbocycles. The van der Waals surface area contributed by atoms with E-state index in [2.05, 4.69) is 15.0 Å². The molecule has 1 atom stereocenters. The first-order valence-corrected chi connectivity index (χ1v) is 10.7. The molecular weight excluding hydrogens is 482 g/mol. The van der Waals surface area contributed by atoms with Crippen molar-refractivity contribution >= 4 is 34.9 Å². The van der Waals surface area contributed by atoms with Gasteiger partial charge < -0.3 is 14.8 Å². The summed E-state index contributed by atoms with van der Waals surface area (Å²) < 4.78 is 60.5. The summed E-state index contributed by atoms with van der Waals surface area (Å²) >= 11 is 6.30. The van der Waals surface area contributed by atoms with E-state index in [4.69, 9.17) is 16.3 Å². The lowest BCUT2D eigenvalue weighted by molar-refractivity contribution is -0.275. The molecule has 0 saturated heterocycles. The lowest BCUT2D eigenvalue weighted by Crippen LogP contribution is -2.44. The number of fused-ring (bicyclic) bond motifs is 1. The number of hydrogen-bond donors (Lipinski definition) is 1. The SMILES string of the molecule is C[C@@H]1Oc2nc(NC(=O)CC3(C)CC3)c(Cl)cc2N(Cc2ccc(OC(F)(F)F)c(F)c2)C1=O. The Morgan fingerprint density at radius 2 is 2.06 bits per heavy atom. The Balaban J connectivity index is 1.57. The van der Waals surface area contributed by atoms with Crippen LogP contribution in [0.5, 0.6) is 11.6 Å². The molecule has 12 heteroatoms. The number of benzene rings is 1. The van der Waals surface area contributed by atoms with Gasteiger partial charge in [-0.05, 0) is 48.9 Å². The summed E-state index contributed by atoms with van der Waals surface area (Å²) in [6.07, 6.45) is -3.74. The third-order valence-corrected chi connectivity index (χ3v) is 5.91. The van der Waals surface area contributed by atoms with E-state index in [0.717, 1.165) is 25.0 Å². The highest BCUT2D eigenvalue weighted by atomic mass is 35.5. The second-order valence-electron chi connectivity index (χ2n) is 8.68. The van der Waals surface area contributed by atoms with Crippen LogP contribution in [-0.2, 0) is 16.1 Å². The molecule has 2 aliphatic rings. The van der Waals surface area contributed by atoms with Crippen LogP contribution < -0.4 is 19.7 Å². The smallest absolute Gasteiger partial charge is 0.463 e. The fourth-order valence-electron chi connectivity index (χ4n) is 3.54. The molecule has 1 fully saturated rings. The Labute approximate surface area is 197 Å². The predicted molar refractivity (Wildman–Crippen MR) is 114 cm³/mol. The molecule has 0 unspecified atom stereocenters. The molecule has 4 rings (SSSR count). The van der Waals surface area contributed by atoms with Gasteiger partial charge >= 0.3 is 6.36 Å². The summed E-state index contributed by atoms with van der Waals surface area (Å²) in [5, 5.41) is 2.72. The Hall–Kier alpha value is -3.08. The van der Waals surface area contributed by atoms with Gasteiger partial charge in [-0.25, -0.2) is 4.39 Å². The first-order chi connectivity index (χ1) is 15.8. The van der Waals surface area contributed by atoms with Crippen LogP contribution in [0.2, 0.25) is 5.02 Å². The van der Waals surface area contributed by atoms with Gasteiger partial charge in [0.1, 0.15) is 5.69 Å². The second-order valence-corrected chi connectivity index (χ2v) is 9.08. The van der Waals surface area contributed by atoms with Crippen LogP contribution >= 0.6 is 11.6 Å². The molecule has 1 aromatic heterocycles. The van der Waals surface area contributed by atoms with Crippen molar-refractivity contribution in [1.82, 2.24) is 4.98 Å². The van der Waals surface area contributed by atoms with Gasteiger partial charge in [0.25, 0.3) is 5.91 Å². The van der Waals surface area contributed by atoms with Crippen molar-refractivity contribution in [2.45, 2.75) is 52.1 Å². The summed E-state index contributed by atoms with van der Waals surface area (Å²) in [5.74, 6) is -2.84. The Morgan fingerprint density at radius 3 is 2.68 bits per heavy atom. The number of carbonyl (C=O) groups excluding carboxylic acids is 2. The second kappa shape index (κ2) is 8.61. The van der Waals surface area contributed by atoms with Crippen molar-refractivity contribution in [3.63, 3.8) is 0 Å². The maximum absolute atomic E-state index is 14.1. The summed E-state index contributed by atoms with van der Waals surface area (Å²) in [7, 11) is 0. The van der Waals surface area contributed by atoms with E-state index >= 15 is 0 Å². The quantitative estimate of drug-likeness (QED) is 0.549. The first kappa shape index (κ1) is 24.1. The van der Waals surface area contributed by atoms with Crippen LogP contribution in [-0.4, -0.2) is 29.3 Å². The van der Waals surface area contributed by atoms with E-state index in [9.17, 15) is 27.2 Å². The molecule has 1 saturated carbocycles. The molecule has 0 spiro atoms. The van der Waals surface area contributed by atoms with Crippen LogP contribution in [0, 0.1) is 11.2 Å². The minimum absolute atomic E-state index is 0.0189. The zero-order valence-corrected chi connectivity index (χ0v) is 18.9. The minimum atomic E-state index is -5.04. The predicted octanol–water partition coefficient (Wildman–Crippen LogP) is 5.22. The molecular formula is C22H20ClF4N3O4. The van der Waals surface area contributed by atoms with Crippen molar-refractivity contribution in [3.8, 4) is 11.6 Å². The van der Waals surface area contributed by atoms with E-state index < -0.39 is 29.9 Å². The monoisotopic (exact) mass is 501 g/mol. The highest BCUT2D eigenvalue weighted by Crippen LogP contribution is 2.48. The fraction of sp³-hybridized carbons (Fsp3) is 0.409. The van der Waals surface area contributed by atoms with Crippen molar-refractivity contribution in [3.05, 3.63) is 40.7 Å². The number of alkyl halides is 3. The molecule has 1 N–H and O–H groups in total. The van der Waals surface area contributed by atoms with Gasteiger partial charge in [0.15, 0.2) is 23.5 Å². The molecule has 7 nitrogen and oxygen atoms in total. The summed E-state index contributed by atoms with van der Waals surface area (Å²) in [4.78, 5) is 30.6. The fourth-order valence-corrected chi connectivity index (χ4v) is 3.73. The third-order valence-electron chi connectivity index (χ3n) is 5.63. The molecule has 1 aliphatic heterocycles. The summed E-state index contributed by atoms with van der Waals surface area (Å²) in [6.45, 7) is 3.31. The zero-order valence-electron chi connectivity index (χ0n) is 18.1. The lowest BCUT2D eigenvalue weighted by Gasteiger charge is -2.32. The maximum atomic E-state index is 14.1. The normalized spacial score (nSPS) is 18.7. The number of amides is 2. The van der Waals surface area contributed by atoms with Crippen LogP contribution in [0.4, 0.5) is 29.1 Å². The summed E-state index contributed by atoms with van der Waals surface area (Å²) in [5.41, 5.74) is 0.359. The molecule has 1 aliphatic carbocycles. The van der Waals surface area contributed by atoms with Crippen LogP contribution in [0.25, 0.3) is 0 Å². The van der Waals surface area contributed by atoms with Gasteiger partial charge in [0, 0.05) is 6.42 Å². The number of anilines is 2. The van der Waals surface area contributed by atoms with Gasteiger partial charge in [0.2, 0.25) is 11.8 Å². The number of nitrogens with zero attached hydrogens (tertiary/aromatic N) is 2. The first-order valence-electron chi connectivity index (χ1n) is 10.4. The Kier molecular flexibility index (Phi) is 6.09. The van der Waals surface area contributed by atoms with Gasteiger partial charge in [-0.3, -0.25) is 14.5 Å². The number of aromatic nitrogens is 1. The van der Waals surface area contributed by atoms with Crippen LogP contribution in [0.3, 0.4) is 0 Å². The minimum Gasteiger partial charge on any atom is -0.463 e. The Morgan fingerprint density at radius 1 is 1.35 bits per heavy atom. The van der Waals surface area contributed by atoms with Crippen molar-refractivity contribution < 1.29 is 36.6 Å². The number of hydrogen-bond acceptors (Lipinski definition) is 5. The number of nitrogens with one attached hydrogen (secondary N) is 1. The van der Waals surface area contributed by atoms with Crippen molar-refractivity contribution in [2.24, 2.45) is 5.41 Å². The van der Waals surface area contributed by atoms with Crippen LogP contribution in [0.1, 0.15) is 38.7 Å². The molecule has 182 valence electrons. The van der Waals surface area contributed by atoms with Gasteiger partial charge in [-0.2, -0.15) is 4.98 Å². The van der Waals surface area contributed by atoms with Crippen LogP contribution in [0.15, 0.2) is 24.3 Å². The molecule has 2 heterocycles. The molecule has 2 amide bonds. The van der Waals surface area contributed by atoms with E-state index in [1.54, 1.807) is 0 Å². The number of halogens is 5. The van der Waals surface area contributed by atoms with Gasteiger partial charge in [0.05, 0.1) is 11.6 Å². The molecule has 0 radical (unpaired) electrons. The largest absolute Gasteiger partial charge is 0.573 e. The van der Waals surface area contributed by atoms with E-state index in [0.29, 0.717) is 6.42 Å². The molecule has 2 aromatic rings. The van der Waals surface area contributed by atoms with E-state index in [1.165, 1.54) is 24.0 Å². The van der Waals surface area contributed by atoms with Crippen molar-refractivity contribution in [2.75, 3.05) is 10.2 Å². The number of pyridine rings is 1. The highest BCUT2D eigenvalue weighted by Gasteiger charge is 2.39. The van der Waals surface area contributed by atoms with Gasteiger partial charge in [-0.1, -0.05) is 24.6 Å². The number of carbonyl (C=O) groups is 2. The average molecular weight is 502 g/mol. The van der Waals surface area contributed by atoms with Gasteiger partial charge in [-0.15, -0.1) is 13.2 Å². The standard InChI is InChI=1S/C22H20ClF4N3O4/c1-11-20(32)30(10-12-3-4-16(14(24)7-12)34-22(25,26)27)15-8-13(23)18(29-19(15)33-11)28-17(31)9-21(2)5-6-21/h3-4,7-8,11H,5-6,9-10H2,1-2H3,(H,28,29,31)/t11-/m0/s1. The number of rotatable bonds is 6. The average Bonchev–Trinajstić information content (AvgIpc) is 3.44. The lowest BCUT2D eigenvalue weighted by atomic mass is 10.1. The van der Waals surface area contributed by atoms with Crippen molar-refractivity contribution in [1.29, 1.82) is 0 Å². The third kappa shape index (κ3) is 5.35. The Bertz CT molecular complexity index is 1150. The molecule has 0 bridgehead atoms. The molecule has 34 heavy (non-hydrogen) atoms. The van der Waals surface area contributed by atoms with E-state index in [1.807, 2.05) is 6.92 Å². The number of ether oxygens (including phenoxy) is 2. The van der Waals surface area contributed by atoms with E-state index in [-0.39, 0.29) is 45.8 Å². The maximum Gasteiger partial charge on any atom is 0.573 e. The zero-order chi connectivity index (χ0) is 24.8. The summed E-state index contributed by atoms with van der Waals surface area (Å²) in [6, 6.07) is 4.27. The topological polar surface area (TPSA) is 80.8 Å². The highest BCUT2D eigenvalue weighted by molar-refractivity contribution is 6.33.